The van der Waals surface area contributed by atoms with E-state index in [0.717, 1.165) is 0 Å². The standard InChI is InChI=1S/C13H9BrN2O4/c14-9-4-8(13(18)12(5-9)16(19)20)7-15-10-2-1-3-11(17)6-10/h1-7,17-18H. The van der Waals surface area contributed by atoms with Crippen molar-refractivity contribution in [3.8, 4) is 11.5 Å². The maximum atomic E-state index is 10.8. The summed E-state index contributed by atoms with van der Waals surface area (Å²) in [5.41, 5.74) is 0.262. The molecular weight excluding hydrogens is 328 g/mol. The van der Waals surface area contributed by atoms with Crippen LogP contribution in [0.2, 0.25) is 0 Å². The lowest BCUT2D eigenvalue weighted by molar-refractivity contribution is -0.385. The van der Waals surface area contributed by atoms with E-state index >= 15 is 0 Å². The van der Waals surface area contributed by atoms with Crippen molar-refractivity contribution >= 4 is 33.5 Å². The van der Waals surface area contributed by atoms with Gasteiger partial charge in [0.25, 0.3) is 0 Å². The third-order valence-electron chi connectivity index (χ3n) is 2.46. The van der Waals surface area contributed by atoms with E-state index in [0.29, 0.717) is 10.2 Å². The predicted molar refractivity (Wildman–Crippen MR) is 77.8 cm³/mol. The first-order valence-corrected chi connectivity index (χ1v) is 6.26. The minimum Gasteiger partial charge on any atom is -0.508 e. The van der Waals surface area contributed by atoms with Crippen LogP contribution in [0, 0.1) is 10.1 Å². The smallest absolute Gasteiger partial charge is 0.312 e. The number of benzene rings is 2. The Morgan fingerprint density at radius 1 is 1.25 bits per heavy atom. The Balaban J connectivity index is 2.41. The van der Waals surface area contributed by atoms with Crippen molar-refractivity contribution in [2.45, 2.75) is 0 Å². The Morgan fingerprint density at radius 2 is 2.00 bits per heavy atom. The molecule has 0 spiro atoms. The van der Waals surface area contributed by atoms with Gasteiger partial charge in [-0.15, -0.1) is 0 Å². The average molecular weight is 337 g/mol. The molecule has 0 saturated heterocycles. The highest BCUT2D eigenvalue weighted by molar-refractivity contribution is 9.10. The summed E-state index contributed by atoms with van der Waals surface area (Å²) in [4.78, 5) is 14.2. The van der Waals surface area contributed by atoms with Crippen LogP contribution in [0.25, 0.3) is 0 Å². The van der Waals surface area contributed by atoms with Crippen LogP contribution in [0.15, 0.2) is 45.9 Å². The summed E-state index contributed by atoms with van der Waals surface area (Å²) in [6.07, 6.45) is 1.29. The van der Waals surface area contributed by atoms with E-state index in [1.54, 1.807) is 12.1 Å². The van der Waals surface area contributed by atoms with Crippen molar-refractivity contribution in [1.29, 1.82) is 0 Å². The van der Waals surface area contributed by atoms with E-state index < -0.39 is 16.4 Å². The van der Waals surface area contributed by atoms with Crippen molar-refractivity contribution < 1.29 is 15.1 Å². The highest BCUT2D eigenvalue weighted by Crippen LogP contribution is 2.32. The van der Waals surface area contributed by atoms with Gasteiger partial charge in [0.05, 0.1) is 10.6 Å². The predicted octanol–water partition coefficient (Wildman–Crippen LogP) is 3.52. The fourth-order valence-electron chi connectivity index (χ4n) is 1.56. The molecule has 0 saturated carbocycles. The molecule has 0 aliphatic carbocycles. The molecule has 0 aliphatic heterocycles. The molecule has 0 atom stereocenters. The van der Waals surface area contributed by atoms with Gasteiger partial charge in [0, 0.05) is 28.4 Å². The molecule has 0 unspecified atom stereocenters. The summed E-state index contributed by atoms with van der Waals surface area (Å²) < 4.78 is 0.458. The Bertz CT molecular complexity index is 701. The molecular formula is C13H9BrN2O4. The van der Waals surface area contributed by atoms with Gasteiger partial charge in [-0.25, -0.2) is 0 Å². The third-order valence-corrected chi connectivity index (χ3v) is 2.92. The molecule has 2 aromatic carbocycles. The Kier molecular flexibility index (Phi) is 3.99. The van der Waals surface area contributed by atoms with Crippen LogP contribution in [0.3, 0.4) is 0 Å². The maximum absolute atomic E-state index is 10.8. The van der Waals surface area contributed by atoms with Crippen molar-refractivity contribution in [2.75, 3.05) is 0 Å². The molecule has 2 N–H and O–H groups in total. The van der Waals surface area contributed by atoms with Crippen molar-refractivity contribution in [3.63, 3.8) is 0 Å². The van der Waals surface area contributed by atoms with E-state index in [9.17, 15) is 20.3 Å². The van der Waals surface area contributed by atoms with Crippen LogP contribution in [-0.4, -0.2) is 21.4 Å². The Hall–Kier alpha value is -2.41. The number of hydrogen-bond acceptors (Lipinski definition) is 5. The van der Waals surface area contributed by atoms with Gasteiger partial charge >= 0.3 is 5.69 Å². The zero-order chi connectivity index (χ0) is 14.7. The first-order chi connectivity index (χ1) is 9.47. The number of nitro groups is 1. The van der Waals surface area contributed by atoms with Gasteiger partial charge in [-0.3, -0.25) is 15.1 Å². The zero-order valence-electron chi connectivity index (χ0n) is 10.0. The second-order valence-electron chi connectivity index (χ2n) is 3.90. The minimum absolute atomic E-state index is 0.0593. The monoisotopic (exact) mass is 336 g/mol. The van der Waals surface area contributed by atoms with Crippen LogP contribution in [-0.2, 0) is 0 Å². The average Bonchev–Trinajstić information content (AvgIpc) is 2.39. The van der Waals surface area contributed by atoms with Gasteiger partial charge in [0.1, 0.15) is 5.75 Å². The summed E-state index contributed by atoms with van der Waals surface area (Å²) >= 11 is 3.14. The summed E-state index contributed by atoms with van der Waals surface area (Å²) in [6.45, 7) is 0. The first kappa shape index (κ1) is 14.0. The number of halogens is 1. The van der Waals surface area contributed by atoms with Crippen LogP contribution < -0.4 is 0 Å². The SMILES string of the molecule is O=[N+]([O-])c1cc(Br)cc(C=Nc2cccc(O)c2)c1O. The number of phenols is 2. The van der Waals surface area contributed by atoms with Gasteiger partial charge in [-0.2, -0.15) is 0 Å². The molecule has 2 rings (SSSR count). The number of phenolic OH excluding ortho intramolecular Hbond substituents is 2. The molecule has 7 heteroatoms. The third kappa shape index (κ3) is 3.12. The Morgan fingerprint density at radius 3 is 2.65 bits per heavy atom. The van der Waals surface area contributed by atoms with E-state index in [1.807, 2.05) is 0 Å². The summed E-state index contributed by atoms with van der Waals surface area (Å²) in [5.74, 6) is -0.397. The number of nitro benzene ring substituents is 1. The summed E-state index contributed by atoms with van der Waals surface area (Å²) in [5, 5.41) is 29.9. The fraction of sp³-hybridized carbons (Fsp3) is 0. The van der Waals surface area contributed by atoms with E-state index in [-0.39, 0.29) is 11.3 Å². The van der Waals surface area contributed by atoms with Gasteiger partial charge < -0.3 is 10.2 Å². The molecule has 0 radical (unpaired) electrons. The molecule has 0 fully saturated rings. The highest BCUT2D eigenvalue weighted by Gasteiger charge is 2.17. The first-order valence-electron chi connectivity index (χ1n) is 5.47. The van der Waals surface area contributed by atoms with Crippen molar-refractivity contribution in [2.24, 2.45) is 4.99 Å². The van der Waals surface area contributed by atoms with Crippen LogP contribution in [0.5, 0.6) is 11.5 Å². The zero-order valence-corrected chi connectivity index (χ0v) is 11.6. The second kappa shape index (κ2) is 5.70. The lowest BCUT2D eigenvalue weighted by atomic mass is 10.2. The summed E-state index contributed by atoms with van der Waals surface area (Å²) in [7, 11) is 0. The van der Waals surface area contributed by atoms with E-state index in [1.165, 1.54) is 30.5 Å². The van der Waals surface area contributed by atoms with Crippen molar-refractivity contribution in [1.82, 2.24) is 0 Å². The number of aliphatic imine (C=N–C) groups is 1. The molecule has 102 valence electrons. The van der Waals surface area contributed by atoms with Gasteiger partial charge in [0.2, 0.25) is 5.75 Å². The molecule has 0 amide bonds. The van der Waals surface area contributed by atoms with Gasteiger partial charge in [0.15, 0.2) is 0 Å². The quantitative estimate of drug-likeness (QED) is 0.509. The lowest BCUT2D eigenvalue weighted by Gasteiger charge is -2.01. The molecule has 0 bridgehead atoms. The largest absolute Gasteiger partial charge is 0.508 e. The minimum atomic E-state index is -0.675. The van der Waals surface area contributed by atoms with Crippen LogP contribution in [0.4, 0.5) is 11.4 Å². The number of aromatic hydroxyl groups is 2. The number of nitrogens with zero attached hydrogens (tertiary/aromatic N) is 2. The molecule has 20 heavy (non-hydrogen) atoms. The normalized spacial score (nSPS) is 10.8. The lowest BCUT2D eigenvalue weighted by Crippen LogP contribution is -1.92. The van der Waals surface area contributed by atoms with Crippen molar-refractivity contribution in [3.05, 3.63) is 56.5 Å². The molecule has 0 aliphatic rings. The van der Waals surface area contributed by atoms with E-state index in [4.69, 9.17) is 0 Å². The number of hydrogen-bond donors (Lipinski definition) is 2. The van der Waals surface area contributed by atoms with Gasteiger partial charge in [-0.05, 0) is 18.2 Å². The number of rotatable bonds is 3. The Labute approximate surface area is 122 Å². The molecule has 0 aromatic heterocycles. The molecule has 0 heterocycles. The van der Waals surface area contributed by atoms with Gasteiger partial charge in [-0.1, -0.05) is 22.0 Å². The topological polar surface area (TPSA) is 96.0 Å². The fourth-order valence-corrected chi connectivity index (χ4v) is 2.02. The highest BCUT2D eigenvalue weighted by atomic mass is 79.9. The van der Waals surface area contributed by atoms with Crippen LogP contribution >= 0.6 is 15.9 Å². The summed E-state index contributed by atoms with van der Waals surface area (Å²) in [6, 6.07) is 8.92. The maximum Gasteiger partial charge on any atom is 0.312 e. The molecule has 6 nitrogen and oxygen atoms in total. The second-order valence-corrected chi connectivity index (χ2v) is 4.81. The van der Waals surface area contributed by atoms with E-state index in [2.05, 4.69) is 20.9 Å². The van der Waals surface area contributed by atoms with Crippen LogP contribution in [0.1, 0.15) is 5.56 Å². The molecule has 2 aromatic rings.